The summed E-state index contributed by atoms with van der Waals surface area (Å²) in [4.78, 5) is 37.6. The minimum absolute atomic E-state index is 0.708. The van der Waals surface area contributed by atoms with Crippen molar-refractivity contribution in [2.24, 2.45) is 0 Å². The zero-order valence-corrected chi connectivity index (χ0v) is 13.6. The van der Waals surface area contributed by atoms with Crippen molar-refractivity contribution < 1.29 is 19.2 Å². The number of carbonyl (C=O) groups excluding carboxylic acids is 4. The van der Waals surface area contributed by atoms with Gasteiger partial charge >= 0.3 is 0 Å². The lowest BCUT2D eigenvalue weighted by atomic mass is 10.4. The van der Waals surface area contributed by atoms with E-state index in [-0.39, 0.29) is 0 Å². The van der Waals surface area contributed by atoms with Crippen LogP contribution in [0.3, 0.4) is 0 Å². The van der Waals surface area contributed by atoms with E-state index in [1.165, 1.54) is 0 Å². The summed E-state index contributed by atoms with van der Waals surface area (Å²) in [7, 11) is 0. The fraction of sp³-hybridized carbons (Fsp3) is 0.750. The summed E-state index contributed by atoms with van der Waals surface area (Å²) in [5.74, 6) is 0. The van der Waals surface area contributed by atoms with Gasteiger partial charge in [0.1, 0.15) is 25.1 Å². The van der Waals surface area contributed by atoms with Gasteiger partial charge in [-0.15, -0.1) is 0 Å². The molecule has 0 aromatic heterocycles. The molecular formula is C16H32O4. The molecule has 0 saturated heterocycles. The first-order chi connectivity index (χ1) is 9.66. The summed E-state index contributed by atoms with van der Waals surface area (Å²) in [6.45, 7) is 7.92. The van der Waals surface area contributed by atoms with Crippen LogP contribution in [0.2, 0.25) is 0 Å². The molecule has 0 aliphatic heterocycles. The quantitative estimate of drug-likeness (QED) is 0.634. The summed E-state index contributed by atoms with van der Waals surface area (Å²) in [5, 5.41) is 0. The Morgan fingerprint density at radius 3 is 0.600 bits per heavy atom. The van der Waals surface area contributed by atoms with E-state index in [0.717, 1.165) is 50.8 Å². The lowest BCUT2D eigenvalue weighted by Gasteiger charge is -1.68. The first kappa shape index (κ1) is 27.1. The highest BCUT2D eigenvalue weighted by molar-refractivity contribution is 5.49. The molecule has 0 saturated carbocycles. The molecular weight excluding hydrogens is 256 g/mol. The molecule has 4 heteroatoms. The molecule has 0 aliphatic rings. The van der Waals surface area contributed by atoms with Crippen LogP contribution in [-0.2, 0) is 19.2 Å². The smallest absolute Gasteiger partial charge is 0.119 e. The third kappa shape index (κ3) is 91.9. The molecule has 20 heavy (non-hydrogen) atoms. The average Bonchev–Trinajstić information content (AvgIpc) is 2.44. The zero-order valence-electron chi connectivity index (χ0n) is 13.6. The Bertz CT molecular complexity index is 139. The monoisotopic (exact) mass is 288 g/mol. The molecule has 0 aromatic rings. The van der Waals surface area contributed by atoms with E-state index >= 15 is 0 Å². The molecule has 0 heterocycles. The van der Waals surface area contributed by atoms with Crippen LogP contribution in [0.25, 0.3) is 0 Å². The van der Waals surface area contributed by atoms with Crippen molar-refractivity contribution in [2.75, 3.05) is 0 Å². The third-order valence-electron chi connectivity index (χ3n) is 1.63. The third-order valence-corrected chi connectivity index (χ3v) is 1.63. The van der Waals surface area contributed by atoms with Gasteiger partial charge in [0.15, 0.2) is 0 Å². The Balaban J connectivity index is -0.0000000853. The molecule has 0 unspecified atom stereocenters. The highest BCUT2D eigenvalue weighted by atomic mass is 16.1. The number of hydrogen-bond donors (Lipinski definition) is 0. The molecule has 4 nitrogen and oxygen atoms in total. The van der Waals surface area contributed by atoms with Crippen LogP contribution in [0.4, 0.5) is 0 Å². The van der Waals surface area contributed by atoms with Gasteiger partial charge < -0.3 is 19.2 Å². The minimum Gasteiger partial charge on any atom is -0.303 e. The van der Waals surface area contributed by atoms with Gasteiger partial charge in [-0.25, -0.2) is 0 Å². The number of rotatable bonds is 8. The van der Waals surface area contributed by atoms with Gasteiger partial charge in [0.2, 0.25) is 0 Å². The topological polar surface area (TPSA) is 68.3 Å². The summed E-state index contributed by atoms with van der Waals surface area (Å²) in [5.41, 5.74) is 0. The van der Waals surface area contributed by atoms with Gasteiger partial charge in [0.25, 0.3) is 0 Å². The van der Waals surface area contributed by atoms with Crippen molar-refractivity contribution in [3.8, 4) is 0 Å². The Hall–Kier alpha value is -1.32. The van der Waals surface area contributed by atoms with Crippen LogP contribution < -0.4 is 0 Å². The van der Waals surface area contributed by atoms with E-state index in [4.69, 9.17) is 0 Å². The second-order valence-electron chi connectivity index (χ2n) is 3.82. The predicted molar refractivity (Wildman–Crippen MR) is 83.9 cm³/mol. The van der Waals surface area contributed by atoms with E-state index in [2.05, 4.69) is 0 Å². The molecule has 120 valence electrons. The van der Waals surface area contributed by atoms with Gasteiger partial charge in [-0.1, -0.05) is 27.7 Å². The van der Waals surface area contributed by atoms with Crippen LogP contribution in [0.1, 0.15) is 79.1 Å². The molecule has 0 atom stereocenters. The van der Waals surface area contributed by atoms with Crippen molar-refractivity contribution in [3.63, 3.8) is 0 Å². The Morgan fingerprint density at radius 2 is 0.600 bits per heavy atom. The van der Waals surface area contributed by atoms with E-state index in [9.17, 15) is 19.2 Å². The number of carbonyl (C=O) groups is 4. The highest BCUT2D eigenvalue weighted by Crippen LogP contribution is 1.76. The Morgan fingerprint density at radius 1 is 0.450 bits per heavy atom. The fourth-order valence-corrected chi connectivity index (χ4v) is 0.471. The lowest BCUT2D eigenvalue weighted by molar-refractivity contribution is -0.108. The molecule has 0 radical (unpaired) electrons. The van der Waals surface area contributed by atoms with Crippen LogP contribution in [0.15, 0.2) is 0 Å². The Kier molecular flexibility index (Phi) is 58.4. The maximum atomic E-state index is 9.40. The van der Waals surface area contributed by atoms with E-state index in [0.29, 0.717) is 25.7 Å². The summed E-state index contributed by atoms with van der Waals surface area (Å²) >= 11 is 0. The van der Waals surface area contributed by atoms with Crippen LogP contribution in [0, 0.1) is 0 Å². The van der Waals surface area contributed by atoms with Gasteiger partial charge in [0, 0.05) is 25.7 Å². The molecule has 0 amide bonds. The van der Waals surface area contributed by atoms with E-state index < -0.39 is 0 Å². The van der Waals surface area contributed by atoms with Crippen LogP contribution in [-0.4, -0.2) is 25.1 Å². The predicted octanol–water partition coefficient (Wildman–Crippen LogP) is 3.94. The molecule has 0 fully saturated rings. The van der Waals surface area contributed by atoms with Gasteiger partial charge in [0.05, 0.1) is 0 Å². The molecule has 0 aromatic carbocycles. The summed E-state index contributed by atoms with van der Waals surface area (Å²) in [6.07, 6.45) is 10.5. The molecule has 0 bridgehead atoms. The number of aldehydes is 4. The second kappa shape index (κ2) is 43.1. The lowest BCUT2D eigenvalue weighted by Crippen LogP contribution is -1.64. The maximum absolute atomic E-state index is 9.40. The van der Waals surface area contributed by atoms with Crippen molar-refractivity contribution in [1.82, 2.24) is 0 Å². The molecule has 0 rings (SSSR count). The van der Waals surface area contributed by atoms with E-state index in [1.807, 2.05) is 27.7 Å². The molecule has 0 spiro atoms. The first-order valence-corrected chi connectivity index (χ1v) is 7.40. The first-order valence-electron chi connectivity index (χ1n) is 7.40. The fourth-order valence-electron chi connectivity index (χ4n) is 0.471. The van der Waals surface area contributed by atoms with Crippen molar-refractivity contribution in [1.29, 1.82) is 0 Å². The van der Waals surface area contributed by atoms with Gasteiger partial charge in [-0.3, -0.25) is 0 Å². The van der Waals surface area contributed by atoms with E-state index in [1.54, 1.807) is 0 Å². The summed E-state index contributed by atoms with van der Waals surface area (Å²) < 4.78 is 0. The summed E-state index contributed by atoms with van der Waals surface area (Å²) in [6, 6.07) is 0. The maximum Gasteiger partial charge on any atom is 0.119 e. The second-order valence-corrected chi connectivity index (χ2v) is 3.82. The Labute approximate surface area is 124 Å². The van der Waals surface area contributed by atoms with Crippen LogP contribution >= 0.6 is 0 Å². The van der Waals surface area contributed by atoms with Crippen molar-refractivity contribution in [2.45, 2.75) is 79.1 Å². The SMILES string of the molecule is CCCC=O.CCCC=O.CCCC=O.CCCC=O. The van der Waals surface area contributed by atoms with Crippen molar-refractivity contribution >= 4 is 25.1 Å². The van der Waals surface area contributed by atoms with Gasteiger partial charge in [-0.05, 0) is 25.7 Å². The van der Waals surface area contributed by atoms with Gasteiger partial charge in [-0.2, -0.15) is 0 Å². The highest BCUT2D eigenvalue weighted by Gasteiger charge is 1.68. The number of hydrogen-bond acceptors (Lipinski definition) is 4. The molecule has 0 aliphatic carbocycles. The average molecular weight is 288 g/mol. The largest absolute Gasteiger partial charge is 0.303 e. The number of unbranched alkanes of at least 4 members (excludes halogenated alkanes) is 4. The standard InChI is InChI=1S/4C4H8O/c4*1-2-3-4-5/h4*4H,2-3H2,1H3. The zero-order chi connectivity index (χ0) is 16.5. The van der Waals surface area contributed by atoms with Crippen molar-refractivity contribution in [3.05, 3.63) is 0 Å². The minimum atomic E-state index is 0.708. The normalized spacial score (nSPS) is 7.40. The molecule has 0 N–H and O–H groups in total. The van der Waals surface area contributed by atoms with Crippen LogP contribution in [0.5, 0.6) is 0 Å².